The Kier molecular flexibility index (Phi) is 7.65. The van der Waals surface area contributed by atoms with Crippen LogP contribution in [-0.4, -0.2) is 25.7 Å². The van der Waals surface area contributed by atoms with Gasteiger partial charge in [0.05, 0.1) is 11.1 Å². The van der Waals surface area contributed by atoms with E-state index in [0.717, 1.165) is 23.3 Å². The van der Waals surface area contributed by atoms with Crippen molar-refractivity contribution < 1.29 is 17.9 Å². The predicted molar refractivity (Wildman–Crippen MR) is 127 cm³/mol. The average molecular weight is 510 g/mol. The highest BCUT2D eigenvalue weighted by molar-refractivity contribution is 7.99. The molecule has 11 heteroatoms. The number of nitriles is 1. The number of nitrogens with one attached hydrogen (secondary N) is 1. The summed E-state index contributed by atoms with van der Waals surface area (Å²) in [5, 5.41) is 9.97. The lowest BCUT2D eigenvalue weighted by atomic mass is 10.1. The summed E-state index contributed by atoms with van der Waals surface area (Å²) in [6.07, 6.45) is 2.77. The van der Waals surface area contributed by atoms with Gasteiger partial charge >= 0.3 is 6.18 Å². The summed E-state index contributed by atoms with van der Waals surface area (Å²) in [7, 11) is 0. The van der Waals surface area contributed by atoms with E-state index in [1.807, 2.05) is 6.07 Å². The zero-order chi connectivity index (χ0) is 25.5. The van der Waals surface area contributed by atoms with Gasteiger partial charge in [-0.2, -0.15) is 23.4 Å². The first-order chi connectivity index (χ1) is 17.3. The molecule has 4 rings (SSSR count). The van der Waals surface area contributed by atoms with Crippen LogP contribution in [0.4, 0.5) is 13.2 Å². The number of benzene rings is 2. The second-order valence-electron chi connectivity index (χ2n) is 7.63. The van der Waals surface area contributed by atoms with Crippen LogP contribution in [0, 0.1) is 11.3 Å². The van der Waals surface area contributed by atoms with Crippen LogP contribution in [-0.2, 0) is 19.0 Å². The fraction of sp³-hybridized carbons (Fsp3) is 0.160. The first kappa shape index (κ1) is 24.9. The lowest BCUT2D eigenvalue weighted by molar-refractivity contribution is -0.137. The van der Waals surface area contributed by atoms with Gasteiger partial charge in [-0.25, -0.2) is 9.97 Å². The molecule has 0 aliphatic rings. The predicted octanol–water partition coefficient (Wildman–Crippen LogP) is 5.17. The first-order valence-electron chi connectivity index (χ1n) is 10.7. The maximum Gasteiger partial charge on any atom is 0.416 e. The van der Waals surface area contributed by atoms with Crippen molar-refractivity contribution in [3.8, 4) is 17.6 Å². The number of nitrogens with zero attached hydrogens (tertiary/aromatic N) is 4. The van der Waals surface area contributed by atoms with Crippen molar-refractivity contribution in [3.63, 3.8) is 0 Å². The van der Waals surface area contributed by atoms with Gasteiger partial charge in [-0.3, -0.25) is 4.79 Å². The standard InChI is InChI=1S/C25H18F3N5O2S/c26-25(27,28)20-2-1-3-21(10-20)35-22-5-4-16(8-18(22)11-29)6-7-36-24-32-14-19(23(34)33-24)9-17-12-30-15-31-13-17/h1-5,8,10,12-15H,6-7,9H2,(H,32,33,34). The smallest absolute Gasteiger partial charge is 0.416 e. The topological polar surface area (TPSA) is 105 Å². The molecule has 0 amide bonds. The number of aromatic amines is 1. The monoisotopic (exact) mass is 509 g/mol. The second-order valence-corrected chi connectivity index (χ2v) is 8.71. The number of hydrogen-bond acceptors (Lipinski definition) is 7. The van der Waals surface area contributed by atoms with Crippen LogP contribution in [0.1, 0.15) is 27.8 Å². The van der Waals surface area contributed by atoms with Crippen LogP contribution in [0.15, 0.2) is 77.3 Å². The van der Waals surface area contributed by atoms with Crippen molar-refractivity contribution in [1.29, 1.82) is 5.26 Å². The van der Waals surface area contributed by atoms with Crippen molar-refractivity contribution in [2.75, 3.05) is 5.75 Å². The number of hydrogen-bond donors (Lipinski definition) is 1. The largest absolute Gasteiger partial charge is 0.456 e. The van der Waals surface area contributed by atoms with Crippen molar-refractivity contribution >= 4 is 11.8 Å². The van der Waals surface area contributed by atoms with E-state index in [0.29, 0.717) is 29.3 Å². The summed E-state index contributed by atoms with van der Waals surface area (Å²) >= 11 is 1.36. The number of H-pyrrole nitrogens is 1. The molecule has 7 nitrogen and oxygen atoms in total. The molecule has 0 fully saturated rings. The first-order valence-corrected chi connectivity index (χ1v) is 11.6. The van der Waals surface area contributed by atoms with Gasteiger partial charge in [-0.15, -0.1) is 0 Å². The molecule has 0 unspecified atom stereocenters. The third-order valence-corrected chi connectivity index (χ3v) is 5.93. The molecule has 2 heterocycles. The molecular formula is C25H18F3N5O2S. The summed E-state index contributed by atoms with van der Waals surface area (Å²) < 4.78 is 44.4. The molecule has 2 aromatic heterocycles. The normalized spacial score (nSPS) is 11.2. The SMILES string of the molecule is N#Cc1cc(CCSc2nc(=O)c(Cc3cncnc3)c[nH]2)ccc1Oc1cccc(C(F)(F)F)c1. The molecule has 0 aliphatic carbocycles. The third-order valence-electron chi connectivity index (χ3n) is 5.04. The zero-order valence-corrected chi connectivity index (χ0v) is 19.4. The fourth-order valence-corrected chi connectivity index (χ4v) is 4.11. The van der Waals surface area contributed by atoms with Gasteiger partial charge in [-0.05, 0) is 47.9 Å². The van der Waals surface area contributed by atoms with Gasteiger partial charge < -0.3 is 9.72 Å². The Morgan fingerprint density at radius 3 is 2.61 bits per heavy atom. The summed E-state index contributed by atoms with van der Waals surface area (Å²) in [5.41, 5.74) is 1.18. The van der Waals surface area contributed by atoms with Crippen molar-refractivity contribution in [2.45, 2.75) is 24.2 Å². The maximum absolute atomic E-state index is 12.9. The van der Waals surface area contributed by atoms with E-state index in [9.17, 15) is 23.2 Å². The molecule has 182 valence electrons. The summed E-state index contributed by atoms with van der Waals surface area (Å²) in [4.78, 5) is 27.3. The Morgan fingerprint density at radius 2 is 1.89 bits per heavy atom. The van der Waals surface area contributed by atoms with E-state index in [-0.39, 0.29) is 22.6 Å². The highest BCUT2D eigenvalue weighted by Crippen LogP contribution is 2.33. The van der Waals surface area contributed by atoms with Gasteiger partial charge in [0.25, 0.3) is 5.56 Å². The van der Waals surface area contributed by atoms with Gasteiger partial charge in [0.15, 0.2) is 5.16 Å². The number of thioether (sulfide) groups is 1. The quantitative estimate of drug-likeness (QED) is 0.258. The van der Waals surface area contributed by atoms with E-state index < -0.39 is 11.7 Å². The minimum Gasteiger partial charge on any atom is -0.456 e. The molecular weight excluding hydrogens is 491 g/mol. The maximum atomic E-state index is 12.9. The highest BCUT2D eigenvalue weighted by atomic mass is 32.2. The summed E-state index contributed by atoms with van der Waals surface area (Å²) in [6.45, 7) is 0. The molecule has 0 spiro atoms. The Hall–Kier alpha value is -4.17. The van der Waals surface area contributed by atoms with Crippen LogP contribution >= 0.6 is 11.8 Å². The zero-order valence-electron chi connectivity index (χ0n) is 18.6. The van der Waals surface area contributed by atoms with Crippen molar-refractivity contribution in [3.05, 3.63) is 106 Å². The lowest BCUT2D eigenvalue weighted by Crippen LogP contribution is -2.15. The molecule has 0 saturated carbocycles. The van der Waals surface area contributed by atoms with E-state index >= 15 is 0 Å². The fourth-order valence-electron chi connectivity index (χ4n) is 3.29. The van der Waals surface area contributed by atoms with Crippen LogP contribution in [0.3, 0.4) is 0 Å². The Balaban J connectivity index is 1.37. The number of rotatable bonds is 8. The third kappa shape index (κ3) is 6.49. The Bertz CT molecular complexity index is 1450. The molecule has 0 radical (unpaired) electrons. The minimum atomic E-state index is -4.49. The molecule has 2 aromatic carbocycles. The van der Waals surface area contributed by atoms with Gasteiger partial charge in [0, 0.05) is 36.3 Å². The Morgan fingerprint density at radius 1 is 1.08 bits per heavy atom. The van der Waals surface area contributed by atoms with Crippen LogP contribution in [0.25, 0.3) is 0 Å². The number of aromatic nitrogens is 4. The number of aryl methyl sites for hydroxylation is 1. The molecule has 0 bridgehead atoms. The average Bonchev–Trinajstić information content (AvgIpc) is 2.87. The highest BCUT2D eigenvalue weighted by Gasteiger charge is 2.30. The van der Waals surface area contributed by atoms with E-state index in [2.05, 4.69) is 19.9 Å². The van der Waals surface area contributed by atoms with E-state index in [1.165, 1.54) is 30.2 Å². The number of alkyl halides is 3. The molecule has 36 heavy (non-hydrogen) atoms. The van der Waals surface area contributed by atoms with Gasteiger partial charge in [-0.1, -0.05) is 23.9 Å². The van der Waals surface area contributed by atoms with E-state index in [1.54, 1.807) is 36.8 Å². The summed E-state index contributed by atoms with van der Waals surface area (Å²) in [6, 6.07) is 11.4. The van der Waals surface area contributed by atoms with Crippen molar-refractivity contribution in [2.24, 2.45) is 0 Å². The Labute approximate surface area is 208 Å². The molecule has 0 saturated heterocycles. The number of halogens is 3. The second kappa shape index (κ2) is 11.0. The minimum absolute atomic E-state index is 0.0112. The summed E-state index contributed by atoms with van der Waals surface area (Å²) in [5.74, 6) is 0.731. The van der Waals surface area contributed by atoms with Gasteiger partial charge in [0.2, 0.25) is 0 Å². The molecule has 4 aromatic rings. The molecule has 1 N–H and O–H groups in total. The number of ether oxygens (including phenoxy) is 1. The van der Waals surface area contributed by atoms with E-state index in [4.69, 9.17) is 4.74 Å². The molecule has 0 aliphatic heterocycles. The van der Waals surface area contributed by atoms with Crippen LogP contribution < -0.4 is 10.3 Å². The molecule has 0 atom stereocenters. The van der Waals surface area contributed by atoms with Gasteiger partial charge in [0.1, 0.15) is 23.9 Å². The lowest BCUT2D eigenvalue weighted by Gasteiger charge is -2.11. The van der Waals surface area contributed by atoms with Crippen LogP contribution in [0.2, 0.25) is 0 Å². The van der Waals surface area contributed by atoms with Crippen LogP contribution in [0.5, 0.6) is 11.5 Å². The van der Waals surface area contributed by atoms with Crippen molar-refractivity contribution in [1.82, 2.24) is 19.9 Å².